The summed E-state index contributed by atoms with van der Waals surface area (Å²) < 4.78 is 46.5. The Morgan fingerprint density at radius 2 is 1.97 bits per heavy atom. The Morgan fingerprint density at radius 3 is 2.66 bits per heavy atom. The third-order valence-corrected chi connectivity index (χ3v) is 6.08. The number of amides is 1. The van der Waals surface area contributed by atoms with E-state index >= 15 is 0 Å². The van der Waals surface area contributed by atoms with Crippen LogP contribution in [-0.4, -0.2) is 32.4 Å². The van der Waals surface area contributed by atoms with Gasteiger partial charge in [0.25, 0.3) is 5.89 Å². The zero-order chi connectivity index (χ0) is 22.5. The number of aromatic nitrogens is 4. The summed E-state index contributed by atoms with van der Waals surface area (Å²) in [6, 6.07) is 4.82. The monoisotopic (exact) mass is 446 g/mol. The summed E-state index contributed by atoms with van der Waals surface area (Å²) >= 11 is 0. The average molecular weight is 446 g/mol. The van der Waals surface area contributed by atoms with Gasteiger partial charge in [-0.25, -0.2) is 0 Å². The van der Waals surface area contributed by atoms with Gasteiger partial charge in [0.1, 0.15) is 5.41 Å². The van der Waals surface area contributed by atoms with Gasteiger partial charge in [-0.3, -0.25) is 9.48 Å². The Kier molecular flexibility index (Phi) is 4.72. The number of carbonyl (C=O) groups excluding carboxylic acids is 1. The Balaban J connectivity index is 1.52. The predicted octanol–water partition coefficient (Wildman–Crippen LogP) is 3.81. The lowest BCUT2D eigenvalue weighted by molar-refractivity contribution is -0.137. The van der Waals surface area contributed by atoms with Crippen molar-refractivity contribution in [3.05, 3.63) is 41.4 Å². The van der Waals surface area contributed by atoms with Crippen LogP contribution >= 0.6 is 0 Å². The molecule has 3 aromatic rings. The number of benzene rings is 1. The van der Waals surface area contributed by atoms with Gasteiger partial charge in [0, 0.05) is 18.8 Å². The smallest absolute Gasteiger partial charge is 0.416 e. The van der Waals surface area contributed by atoms with Crippen molar-refractivity contribution in [2.24, 2.45) is 0 Å². The number of rotatable bonds is 4. The Bertz CT molecular complexity index is 1170. The first-order valence-corrected chi connectivity index (χ1v) is 10.4. The normalized spacial score (nSPS) is 20.8. The van der Waals surface area contributed by atoms with Gasteiger partial charge >= 0.3 is 6.18 Å². The van der Waals surface area contributed by atoms with Crippen molar-refractivity contribution in [1.82, 2.24) is 25.3 Å². The van der Waals surface area contributed by atoms with Gasteiger partial charge in [-0.15, -0.1) is 10.2 Å². The summed E-state index contributed by atoms with van der Waals surface area (Å²) in [4.78, 5) is 12.3. The van der Waals surface area contributed by atoms with E-state index in [1.165, 1.54) is 12.1 Å². The minimum absolute atomic E-state index is 0.164. The van der Waals surface area contributed by atoms with Crippen molar-refractivity contribution in [1.29, 1.82) is 0 Å². The molecule has 2 aromatic heterocycles. The van der Waals surface area contributed by atoms with Crippen LogP contribution in [0.15, 0.2) is 28.7 Å². The highest BCUT2D eigenvalue weighted by Crippen LogP contribution is 2.38. The second-order valence-corrected chi connectivity index (χ2v) is 8.30. The van der Waals surface area contributed by atoms with Crippen molar-refractivity contribution < 1.29 is 22.4 Å². The van der Waals surface area contributed by atoms with Crippen LogP contribution in [0.3, 0.4) is 0 Å². The van der Waals surface area contributed by atoms with Crippen molar-refractivity contribution in [2.75, 3.05) is 11.9 Å². The number of carbonyl (C=O) groups is 1. The highest BCUT2D eigenvalue weighted by molar-refractivity contribution is 5.88. The molecule has 32 heavy (non-hydrogen) atoms. The molecule has 1 amide bonds. The zero-order valence-electron chi connectivity index (χ0n) is 17.3. The van der Waals surface area contributed by atoms with Crippen LogP contribution in [0.5, 0.6) is 0 Å². The molecule has 0 radical (unpaired) electrons. The van der Waals surface area contributed by atoms with Gasteiger partial charge in [0.15, 0.2) is 5.69 Å². The fourth-order valence-electron chi connectivity index (χ4n) is 4.14. The van der Waals surface area contributed by atoms with Crippen LogP contribution in [0.1, 0.15) is 43.3 Å². The number of halogens is 3. The summed E-state index contributed by atoms with van der Waals surface area (Å²) in [6.45, 7) is 3.01. The molecule has 2 aliphatic rings. The van der Waals surface area contributed by atoms with Gasteiger partial charge in [-0.2, -0.15) is 18.3 Å². The van der Waals surface area contributed by atoms with Gasteiger partial charge in [-0.05, 0) is 56.9 Å². The molecule has 0 unspecified atom stereocenters. The first-order valence-electron chi connectivity index (χ1n) is 10.4. The predicted molar refractivity (Wildman–Crippen MR) is 108 cm³/mol. The Hall–Kier alpha value is -3.37. The summed E-state index contributed by atoms with van der Waals surface area (Å²) in [5.41, 5.74) is 0.845. The molecule has 1 fully saturated rings. The minimum Gasteiger partial charge on any atom is -0.418 e. The standard InChI is InChI=1S/C21H21F3N6O2/c1-20(9-10-25-18(20)31)19-28-27-17(32-19)16-15(14-4-2-3-11-30(14)29-16)26-13-7-5-12(6-8-13)21(22,23)24/h5-8,26H,2-4,9-11H2,1H3,(H,25,31)/t20-/m0/s1. The first kappa shape index (κ1) is 20.5. The van der Waals surface area contributed by atoms with Crippen molar-refractivity contribution in [3.63, 3.8) is 0 Å². The quantitative estimate of drug-likeness (QED) is 0.633. The summed E-state index contributed by atoms with van der Waals surface area (Å²) in [6.07, 6.45) is -1.15. The minimum atomic E-state index is -4.40. The Morgan fingerprint density at radius 1 is 1.19 bits per heavy atom. The van der Waals surface area contributed by atoms with E-state index in [4.69, 9.17) is 4.42 Å². The number of hydrogen-bond acceptors (Lipinski definition) is 6. The lowest BCUT2D eigenvalue weighted by Crippen LogP contribution is -2.32. The van der Waals surface area contributed by atoms with Crippen LogP contribution in [0.2, 0.25) is 0 Å². The third-order valence-electron chi connectivity index (χ3n) is 6.08. The van der Waals surface area contributed by atoms with Crippen molar-refractivity contribution in [2.45, 2.75) is 50.7 Å². The molecule has 0 aliphatic carbocycles. The molecule has 5 rings (SSSR count). The Labute approximate surface area is 181 Å². The van der Waals surface area contributed by atoms with Gasteiger partial charge in [0.05, 0.1) is 16.9 Å². The average Bonchev–Trinajstić information content (AvgIpc) is 3.47. The molecule has 2 N–H and O–H groups in total. The first-order chi connectivity index (χ1) is 15.3. The number of anilines is 2. The zero-order valence-corrected chi connectivity index (χ0v) is 17.3. The largest absolute Gasteiger partial charge is 0.418 e. The molecule has 4 heterocycles. The van der Waals surface area contributed by atoms with Crippen molar-refractivity contribution >= 4 is 17.3 Å². The highest BCUT2D eigenvalue weighted by atomic mass is 19.4. The molecule has 2 aliphatic heterocycles. The molecule has 1 atom stereocenters. The molecule has 0 bridgehead atoms. The van der Waals surface area contributed by atoms with Crippen LogP contribution in [-0.2, 0) is 29.4 Å². The van der Waals surface area contributed by atoms with Crippen LogP contribution < -0.4 is 10.6 Å². The number of alkyl halides is 3. The summed E-state index contributed by atoms with van der Waals surface area (Å²) in [7, 11) is 0. The maximum atomic E-state index is 12.9. The second kappa shape index (κ2) is 7.35. The maximum Gasteiger partial charge on any atom is 0.416 e. The van der Waals surface area contributed by atoms with E-state index in [9.17, 15) is 18.0 Å². The lowest BCUT2D eigenvalue weighted by Gasteiger charge is -2.15. The van der Waals surface area contributed by atoms with Crippen LogP contribution in [0, 0.1) is 0 Å². The van der Waals surface area contributed by atoms with Crippen LogP contribution in [0.4, 0.5) is 24.5 Å². The summed E-state index contributed by atoms with van der Waals surface area (Å²) in [5, 5.41) is 18.9. The molecule has 0 spiro atoms. The second-order valence-electron chi connectivity index (χ2n) is 8.30. The van der Waals surface area contributed by atoms with Gasteiger partial charge in [-0.1, -0.05) is 0 Å². The number of nitrogens with one attached hydrogen (secondary N) is 2. The molecular weight excluding hydrogens is 425 g/mol. The summed E-state index contributed by atoms with van der Waals surface area (Å²) in [5.74, 6) is 0.214. The highest BCUT2D eigenvalue weighted by Gasteiger charge is 2.44. The number of fused-ring (bicyclic) bond motifs is 1. The van der Waals surface area contributed by atoms with E-state index in [0.717, 1.165) is 43.6 Å². The third kappa shape index (κ3) is 3.41. The van der Waals surface area contributed by atoms with E-state index < -0.39 is 17.2 Å². The fourth-order valence-corrected chi connectivity index (χ4v) is 4.14. The number of aryl methyl sites for hydroxylation is 1. The van der Waals surface area contributed by atoms with E-state index in [0.29, 0.717) is 30.0 Å². The SMILES string of the molecule is C[C@]1(c2nnc(-c3nn4c(c3Nc3ccc(C(F)(F)F)cc3)CCCC4)o2)CCNC1=O. The van der Waals surface area contributed by atoms with E-state index in [1.54, 1.807) is 6.92 Å². The van der Waals surface area contributed by atoms with Gasteiger partial charge < -0.3 is 15.1 Å². The maximum absolute atomic E-state index is 12.9. The van der Waals surface area contributed by atoms with Crippen molar-refractivity contribution in [3.8, 4) is 11.6 Å². The number of nitrogens with zero attached hydrogens (tertiary/aromatic N) is 4. The van der Waals surface area contributed by atoms with Crippen LogP contribution in [0.25, 0.3) is 11.6 Å². The van der Waals surface area contributed by atoms with E-state index in [-0.39, 0.29) is 17.7 Å². The molecule has 1 aromatic carbocycles. The van der Waals surface area contributed by atoms with Gasteiger partial charge in [0.2, 0.25) is 11.8 Å². The molecule has 11 heteroatoms. The molecule has 8 nitrogen and oxygen atoms in total. The topological polar surface area (TPSA) is 97.9 Å². The molecular formula is C21H21F3N6O2. The molecule has 1 saturated heterocycles. The number of hydrogen-bond donors (Lipinski definition) is 2. The van der Waals surface area contributed by atoms with E-state index in [2.05, 4.69) is 25.9 Å². The van der Waals surface area contributed by atoms with E-state index in [1.807, 2.05) is 4.68 Å². The molecule has 0 saturated carbocycles. The molecule has 168 valence electrons. The fraction of sp³-hybridized carbons (Fsp3) is 0.429. The lowest BCUT2D eigenvalue weighted by atomic mass is 9.89.